The Morgan fingerprint density at radius 3 is 2.67 bits per heavy atom. The average Bonchev–Trinajstić information content (AvgIpc) is 2.10. The van der Waals surface area contributed by atoms with E-state index in [9.17, 15) is 0 Å². The molecule has 2 nitrogen and oxygen atoms in total. The van der Waals surface area contributed by atoms with Crippen LogP contribution in [0, 0.1) is 0 Å². The van der Waals surface area contributed by atoms with Gasteiger partial charge in [0, 0.05) is 31.1 Å². The van der Waals surface area contributed by atoms with Gasteiger partial charge in [-0.05, 0) is 27.3 Å². The summed E-state index contributed by atoms with van der Waals surface area (Å²) < 4.78 is 5.26. The van der Waals surface area contributed by atoms with Gasteiger partial charge in [0.2, 0.25) is 0 Å². The topological polar surface area (TPSA) is 12.5 Å². The van der Waals surface area contributed by atoms with E-state index in [0.29, 0.717) is 6.04 Å². The van der Waals surface area contributed by atoms with Gasteiger partial charge in [-0.1, -0.05) is 15.9 Å². The number of hydrogen-bond donors (Lipinski definition) is 0. The fourth-order valence-electron chi connectivity index (χ4n) is 0.899. The van der Waals surface area contributed by atoms with Crippen molar-refractivity contribution in [3.05, 3.63) is 0 Å². The molecule has 0 saturated heterocycles. The van der Waals surface area contributed by atoms with Gasteiger partial charge in [-0.3, -0.25) is 0 Å². The Morgan fingerprint density at radius 1 is 1.50 bits per heavy atom. The van der Waals surface area contributed by atoms with Crippen molar-refractivity contribution in [3.8, 4) is 0 Å². The van der Waals surface area contributed by atoms with Crippen molar-refractivity contribution >= 4 is 15.9 Å². The summed E-state index contributed by atoms with van der Waals surface area (Å²) in [5.74, 6) is 0. The number of ether oxygens (including phenoxy) is 1. The molecular formula is C9H20BrNO. The average molecular weight is 238 g/mol. The largest absolute Gasteiger partial charge is 0.382 e. The lowest BCUT2D eigenvalue weighted by Crippen LogP contribution is -2.31. The van der Waals surface area contributed by atoms with E-state index in [1.165, 1.54) is 0 Å². The van der Waals surface area contributed by atoms with Crippen molar-refractivity contribution in [1.29, 1.82) is 0 Å². The molecule has 0 spiro atoms. The predicted octanol–water partition coefficient (Wildman–Crippen LogP) is 2.13. The van der Waals surface area contributed by atoms with Crippen LogP contribution in [0.2, 0.25) is 0 Å². The predicted molar refractivity (Wildman–Crippen MR) is 57.0 cm³/mol. The second kappa shape index (κ2) is 8.02. The Hall–Kier alpha value is 0.400. The molecule has 0 saturated carbocycles. The molecule has 0 radical (unpaired) electrons. The molecule has 0 heterocycles. The third-order valence-electron chi connectivity index (χ3n) is 1.98. The number of nitrogens with zero attached hydrogens (tertiary/aromatic N) is 1. The summed E-state index contributed by atoms with van der Waals surface area (Å²) in [6, 6.07) is 0.617. The molecule has 74 valence electrons. The van der Waals surface area contributed by atoms with Crippen LogP contribution in [0.3, 0.4) is 0 Å². The lowest BCUT2D eigenvalue weighted by atomic mass is 10.3. The van der Waals surface area contributed by atoms with E-state index in [1.54, 1.807) is 0 Å². The highest BCUT2D eigenvalue weighted by Crippen LogP contribution is 2.00. The second-order valence-electron chi connectivity index (χ2n) is 3.03. The Kier molecular flexibility index (Phi) is 8.29. The van der Waals surface area contributed by atoms with Crippen molar-refractivity contribution < 1.29 is 4.74 Å². The molecule has 3 heteroatoms. The molecule has 0 aromatic heterocycles. The van der Waals surface area contributed by atoms with Crippen molar-refractivity contribution in [1.82, 2.24) is 4.90 Å². The summed E-state index contributed by atoms with van der Waals surface area (Å²) in [5, 5.41) is 1.04. The zero-order valence-corrected chi connectivity index (χ0v) is 9.93. The molecule has 0 N–H and O–H groups in total. The quantitative estimate of drug-likeness (QED) is 0.497. The third kappa shape index (κ3) is 5.98. The van der Waals surface area contributed by atoms with Gasteiger partial charge in [0.25, 0.3) is 0 Å². The lowest BCUT2D eigenvalue weighted by molar-refractivity contribution is 0.132. The number of alkyl halides is 1. The van der Waals surface area contributed by atoms with E-state index in [1.807, 2.05) is 6.92 Å². The van der Waals surface area contributed by atoms with Gasteiger partial charge < -0.3 is 9.64 Å². The first-order valence-electron chi connectivity index (χ1n) is 4.56. The van der Waals surface area contributed by atoms with Crippen LogP contribution in [0.5, 0.6) is 0 Å². The number of hydrogen-bond acceptors (Lipinski definition) is 2. The highest BCUT2D eigenvalue weighted by Gasteiger charge is 2.05. The van der Waals surface area contributed by atoms with E-state index in [0.717, 1.165) is 31.5 Å². The highest BCUT2D eigenvalue weighted by atomic mass is 79.9. The summed E-state index contributed by atoms with van der Waals surface area (Å²) in [6.07, 6.45) is 1.13. The van der Waals surface area contributed by atoms with Crippen LogP contribution in [0.15, 0.2) is 0 Å². The summed E-state index contributed by atoms with van der Waals surface area (Å²) in [4.78, 5) is 2.34. The SMILES string of the molecule is CCOCCCN(C)C(C)CBr. The van der Waals surface area contributed by atoms with Crippen molar-refractivity contribution in [2.75, 3.05) is 32.1 Å². The van der Waals surface area contributed by atoms with Gasteiger partial charge >= 0.3 is 0 Å². The van der Waals surface area contributed by atoms with Crippen LogP contribution >= 0.6 is 15.9 Å². The normalized spacial score (nSPS) is 13.8. The molecule has 0 fully saturated rings. The van der Waals surface area contributed by atoms with Gasteiger partial charge in [0.15, 0.2) is 0 Å². The van der Waals surface area contributed by atoms with Crippen molar-refractivity contribution in [2.45, 2.75) is 26.3 Å². The monoisotopic (exact) mass is 237 g/mol. The molecule has 0 aromatic carbocycles. The fourth-order valence-corrected chi connectivity index (χ4v) is 1.39. The van der Waals surface area contributed by atoms with Crippen molar-refractivity contribution in [2.24, 2.45) is 0 Å². The molecule has 0 aliphatic rings. The van der Waals surface area contributed by atoms with Crippen LogP contribution in [0.25, 0.3) is 0 Å². The number of halogens is 1. The Labute approximate surface area is 84.4 Å². The molecule has 1 unspecified atom stereocenters. The maximum atomic E-state index is 5.26. The smallest absolute Gasteiger partial charge is 0.0478 e. The zero-order chi connectivity index (χ0) is 9.40. The first-order valence-corrected chi connectivity index (χ1v) is 5.68. The van der Waals surface area contributed by atoms with Gasteiger partial charge in [-0.25, -0.2) is 0 Å². The van der Waals surface area contributed by atoms with Crippen LogP contribution in [-0.2, 0) is 4.74 Å². The van der Waals surface area contributed by atoms with E-state index in [-0.39, 0.29) is 0 Å². The molecule has 0 amide bonds. The van der Waals surface area contributed by atoms with Crippen LogP contribution in [-0.4, -0.2) is 43.1 Å². The Bertz CT molecular complexity index is 101. The molecule has 1 atom stereocenters. The standard InChI is InChI=1S/C9H20BrNO/c1-4-12-7-5-6-11(3)9(2)8-10/h9H,4-8H2,1-3H3. The Morgan fingerprint density at radius 2 is 2.17 bits per heavy atom. The van der Waals surface area contributed by atoms with Gasteiger partial charge in [0.05, 0.1) is 0 Å². The summed E-state index contributed by atoms with van der Waals surface area (Å²) in [5.41, 5.74) is 0. The van der Waals surface area contributed by atoms with Crippen LogP contribution in [0.4, 0.5) is 0 Å². The molecule has 12 heavy (non-hydrogen) atoms. The van der Waals surface area contributed by atoms with Crippen molar-refractivity contribution in [3.63, 3.8) is 0 Å². The van der Waals surface area contributed by atoms with Gasteiger partial charge in [0.1, 0.15) is 0 Å². The summed E-state index contributed by atoms with van der Waals surface area (Å²) in [6.45, 7) is 7.08. The highest BCUT2D eigenvalue weighted by molar-refractivity contribution is 9.09. The molecule has 0 aliphatic heterocycles. The molecule has 0 aromatic rings. The number of rotatable bonds is 7. The second-order valence-corrected chi connectivity index (χ2v) is 3.68. The summed E-state index contributed by atoms with van der Waals surface area (Å²) >= 11 is 3.47. The zero-order valence-electron chi connectivity index (χ0n) is 8.35. The van der Waals surface area contributed by atoms with E-state index >= 15 is 0 Å². The first-order chi connectivity index (χ1) is 5.72. The summed E-state index contributed by atoms with van der Waals surface area (Å²) in [7, 11) is 2.15. The molecule has 0 bridgehead atoms. The first kappa shape index (κ1) is 12.4. The van der Waals surface area contributed by atoms with Gasteiger partial charge in [-0.2, -0.15) is 0 Å². The minimum absolute atomic E-state index is 0.617. The van der Waals surface area contributed by atoms with Crippen LogP contribution < -0.4 is 0 Å². The van der Waals surface area contributed by atoms with E-state index < -0.39 is 0 Å². The molecule has 0 rings (SSSR count). The minimum Gasteiger partial charge on any atom is -0.382 e. The minimum atomic E-state index is 0.617. The van der Waals surface area contributed by atoms with E-state index in [2.05, 4.69) is 34.8 Å². The molecule has 0 aliphatic carbocycles. The van der Waals surface area contributed by atoms with Gasteiger partial charge in [-0.15, -0.1) is 0 Å². The fraction of sp³-hybridized carbons (Fsp3) is 1.00. The molecular weight excluding hydrogens is 218 g/mol. The van der Waals surface area contributed by atoms with Crippen LogP contribution in [0.1, 0.15) is 20.3 Å². The van der Waals surface area contributed by atoms with E-state index in [4.69, 9.17) is 4.74 Å². The maximum absolute atomic E-state index is 5.26. The Balaban J connectivity index is 3.24. The third-order valence-corrected chi connectivity index (χ3v) is 2.92. The maximum Gasteiger partial charge on any atom is 0.0478 e. The lowest BCUT2D eigenvalue weighted by Gasteiger charge is -2.22.